The third-order valence-electron chi connectivity index (χ3n) is 6.79. The largest absolute Gasteiger partial charge is 0.508 e. The highest BCUT2D eigenvalue weighted by atomic mass is 32.2. The van der Waals surface area contributed by atoms with Crippen molar-refractivity contribution in [2.24, 2.45) is 0 Å². The van der Waals surface area contributed by atoms with Gasteiger partial charge in [0.1, 0.15) is 28.6 Å². The number of rotatable bonds is 7. The summed E-state index contributed by atoms with van der Waals surface area (Å²) in [4.78, 5) is 4.09. The van der Waals surface area contributed by atoms with Crippen LogP contribution in [0.1, 0.15) is 17.5 Å². The molecule has 0 radical (unpaired) electrons. The van der Waals surface area contributed by atoms with Crippen LogP contribution in [0, 0.1) is 0 Å². The molecule has 2 aliphatic heterocycles. The van der Waals surface area contributed by atoms with Crippen LogP contribution in [0.2, 0.25) is 0 Å². The Balaban J connectivity index is 1.38. The summed E-state index contributed by atoms with van der Waals surface area (Å²) in [6.07, 6.45) is 4.44. The minimum atomic E-state index is -4.01. The maximum absolute atomic E-state index is 13.4. The van der Waals surface area contributed by atoms with Crippen LogP contribution in [0.4, 0.5) is 0 Å². The Morgan fingerprint density at radius 3 is 2.22 bits per heavy atom. The number of ether oxygens (including phenoxy) is 2. The number of aromatic nitrogens is 2. The van der Waals surface area contributed by atoms with Gasteiger partial charge in [0.15, 0.2) is 0 Å². The summed E-state index contributed by atoms with van der Waals surface area (Å²) >= 11 is 0. The molecule has 8 nitrogen and oxygen atoms in total. The lowest BCUT2D eigenvalue weighted by Gasteiger charge is -2.25. The van der Waals surface area contributed by atoms with E-state index in [-0.39, 0.29) is 17.9 Å². The fourth-order valence-corrected chi connectivity index (χ4v) is 6.46. The minimum absolute atomic E-state index is 0.160. The molecular weight excluding hydrogens is 492 g/mol. The summed E-state index contributed by atoms with van der Waals surface area (Å²) in [6, 6.07) is 21.2. The monoisotopic (exact) mass is 516 g/mol. The molecule has 3 atom stereocenters. The average molecular weight is 517 g/mol. The Morgan fingerprint density at radius 1 is 0.919 bits per heavy atom. The Hall–Kier alpha value is -4.08. The summed E-state index contributed by atoms with van der Waals surface area (Å²) in [5.74, 6) is 0.987. The Bertz CT molecular complexity index is 1540. The number of nitrogens with zero attached hydrogens (tertiary/aromatic N) is 2. The number of phenols is 1. The summed E-state index contributed by atoms with van der Waals surface area (Å²) in [6.45, 7) is 0. The van der Waals surface area contributed by atoms with Crippen molar-refractivity contribution in [3.63, 3.8) is 0 Å². The molecule has 37 heavy (non-hydrogen) atoms. The fourth-order valence-electron chi connectivity index (χ4n) is 5.04. The average Bonchev–Trinajstić information content (AvgIpc) is 3.67. The van der Waals surface area contributed by atoms with Crippen molar-refractivity contribution in [2.45, 2.75) is 23.9 Å². The van der Waals surface area contributed by atoms with E-state index in [4.69, 9.17) is 13.7 Å². The second-order valence-corrected chi connectivity index (χ2v) is 10.7. The molecule has 0 amide bonds. The molecular formula is C28H24N2O6S. The van der Waals surface area contributed by atoms with Gasteiger partial charge in [-0.2, -0.15) is 8.42 Å². The molecule has 3 heterocycles. The minimum Gasteiger partial charge on any atom is -0.508 e. The number of aromatic hydroxyl groups is 1. The van der Waals surface area contributed by atoms with Crippen molar-refractivity contribution in [1.29, 1.82) is 0 Å². The van der Waals surface area contributed by atoms with E-state index in [0.29, 0.717) is 5.75 Å². The zero-order valence-corrected chi connectivity index (χ0v) is 20.7. The molecule has 4 aromatic rings. The molecule has 1 saturated heterocycles. The first-order valence-corrected chi connectivity index (χ1v) is 13.2. The fraction of sp³-hybridized carbons (Fsp3) is 0.179. The lowest BCUT2D eigenvalue weighted by molar-refractivity contribution is 0.128. The van der Waals surface area contributed by atoms with Gasteiger partial charge in [0.25, 0.3) is 0 Å². The van der Waals surface area contributed by atoms with E-state index < -0.39 is 27.6 Å². The van der Waals surface area contributed by atoms with Gasteiger partial charge in [0, 0.05) is 24.5 Å². The lowest BCUT2D eigenvalue weighted by Crippen LogP contribution is -2.35. The highest BCUT2D eigenvalue weighted by Crippen LogP contribution is 2.51. The molecule has 0 spiro atoms. The lowest BCUT2D eigenvalue weighted by atomic mass is 9.83. The molecule has 1 fully saturated rings. The normalized spacial score (nSPS) is 20.8. The first kappa shape index (κ1) is 23.3. The van der Waals surface area contributed by atoms with Crippen LogP contribution < -0.4 is 8.92 Å². The van der Waals surface area contributed by atoms with Crippen molar-refractivity contribution in [1.82, 2.24) is 9.55 Å². The Labute approximate surface area is 214 Å². The predicted octanol–water partition coefficient (Wildman–Crippen LogP) is 4.45. The van der Waals surface area contributed by atoms with Gasteiger partial charge in [0.05, 0.1) is 19.5 Å². The van der Waals surface area contributed by atoms with E-state index in [1.54, 1.807) is 56.0 Å². The van der Waals surface area contributed by atoms with Crippen molar-refractivity contribution >= 4 is 21.3 Å². The maximum Gasteiger partial charge on any atom is 0.315 e. The van der Waals surface area contributed by atoms with Crippen LogP contribution in [0.5, 0.6) is 17.2 Å². The van der Waals surface area contributed by atoms with Crippen LogP contribution in [0.3, 0.4) is 0 Å². The smallest absolute Gasteiger partial charge is 0.315 e. The third-order valence-corrected chi connectivity index (χ3v) is 8.40. The van der Waals surface area contributed by atoms with E-state index in [9.17, 15) is 13.5 Å². The first-order chi connectivity index (χ1) is 17.9. The van der Waals surface area contributed by atoms with Crippen molar-refractivity contribution in [3.05, 3.63) is 103 Å². The molecule has 2 aliphatic rings. The van der Waals surface area contributed by atoms with Gasteiger partial charge in [-0.25, -0.2) is 4.98 Å². The predicted molar refractivity (Wildman–Crippen MR) is 138 cm³/mol. The van der Waals surface area contributed by atoms with Gasteiger partial charge in [-0.1, -0.05) is 24.3 Å². The number of phenolic OH excluding ortho intramolecular Hbond substituents is 1. The van der Waals surface area contributed by atoms with Crippen LogP contribution in [-0.4, -0.2) is 47.6 Å². The summed E-state index contributed by atoms with van der Waals surface area (Å²) in [5, 5.41) is 8.93. The van der Waals surface area contributed by atoms with Crippen molar-refractivity contribution in [2.75, 3.05) is 7.11 Å². The number of imidazole rings is 1. The summed E-state index contributed by atoms with van der Waals surface area (Å²) in [5.41, 5.74) is 4.42. The number of benzene rings is 3. The van der Waals surface area contributed by atoms with Crippen LogP contribution in [0.25, 0.3) is 16.8 Å². The summed E-state index contributed by atoms with van der Waals surface area (Å²) < 4.78 is 45.7. The molecule has 9 heteroatoms. The van der Waals surface area contributed by atoms with Crippen molar-refractivity contribution < 1.29 is 27.2 Å². The molecule has 188 valence electrons. The Kier molecular flexibility index (Phi) is 5.73. The molecule has 2 bridgehead atoms. The van der Waals surface area contributed by atoms with Crippen LogP contribution in [-0.2, 0) is 14.9 Å². The topological polar surface area (TPSA) is 99.9 Å². The number of fused-ring (bicyclic) bond motifs is 2. The molecule has 0 aliphatic carbocycles. The summed E-state index contributed by atoms with van der Waals surface area (Å²) in [7, 11) is -2.47. The molecule has 1 N–H and O–H groups in total. The van der Waals surface area contributed by atoms with Crippen molar-refractivity contribution in [3.8, 4) is 22.9 Å². The van der Waals surface area contributed by atoms with E-state index >= 15 is 0 Å². The zero-order valence-electron chi connectivity index (χ0n) is 19.9. The number of hydrogen-bond donors (Lipinski definition) is 1. The second-order valence-electron chi connectivity index (χ2n) is 8.96. The molecule has 0 saturated carbocycles. The van der Waals surface area contributed by atoms with Gasteiger partial charge in [0.2, 0.25) is 0 Å². The van der Waals surface area contributed by atoms with Gasteiger partial charge in [-0.3, -0.25) is 0 Å². The van der Waals surface area contributed by atoms with Gasteiger partial charge >= 0.3 is 10.1 Å². The standard InChI is InChI=1S/C28H24N2O6S/c1-34-22-10-12-23(13-11-22)36-37(32,33)25-16-24-26(18-4-8-21(31)9-5-18)27(28(25)35-24)19-2-6-20(7-3-19)30-15-14-29-17-30/h2-15,17,24-25,28,31H,16H2,1H3/t24-,25?,28+/m1/s1. The highest BCUT2D eigenvalue weighted by Gasteiger charge is 2.53. The highest BCUT2D eigenvalue weighted by molar-refractivity contribution is 7.87. The SMILES string of the molecule is COc1ccc(OS(=O)(=O)C2C[C@H]3O[C@@H]2C(c2ccc(-n4ccnc4)cc2)=C3c2ccc(O)cc2)cc1. The van der Waals surface area contributed by atoms with E-state index in [0.717, 1.165) is 28.0 Å². The zero-order chi connectivity index (χ0) is 25.6. The second kappa shape index (κ2) is 9.10. The van der Waals surface area contributed by atoms with E-state index in [1.807, 2.05) is 47.2 Å². The van der Waals surface area contributed by atoms with Crippen LogP contribution in [0.15, 0.2) is 91.5 Å². The van der Waals surface area contributed by atoms with Crippen LogP contribution >= 0.6 is 0 Å². The quantitative estimate of drug-likeness (QED) is 0.363. The van der Waals surface area contributed by atoms with Gasteiger partial charge in [-0.05, 0) is 70.8 Å². The molecule has 3 aromatic carbocycles. The maximum atomic E-state index is 13.4. The molecule has 1 aromatic heterocycles. The van der Waals surface area contributed by atoms with E-state index in [1.165, 1.54) is 0 Å². The Morgan fingerprint density at radius 2 is 1.57 bits per heavy atom. The number of methoxy groups -OCH3 is 1. The van der Waals surface area contributed by atoms with Gasteiger partial charge in [-0.15, -0.1) is 0 Å². The van der Waals surface area contributed by atoms with E-state index in [2.05, 4.69) is 4.98 Å². The van der Waals surface area contributed by atoms with Gasteiger partial charge < -0.3 is 23.3 Å². The molecule has 6 rings (SSSR count). The third kappa shape index (κ3) is 4.26. The first-order valence-electron chi connectivity index (χ1n) is 11.8. The molecule has 1 unspecified atom stereocenters. The number of hydrogen-bond acceptors (Lipinski definition) is 7.